The van der Waals surface area contributed by atoms with E-state index in [9.17, 15) is 9.59 Å². The first-order valence-corrected chi connectivity index (χ1v) is 13.5. The van der Waals surface area contributed by atoms with Gasteiger partial charge in [0.15, 0.2) is 5.69 Å². The van der Waals surface area contributed by atoms with Crippen LogP contribution in [0.5, 0.6) is 0 Å². The summed E-state index contributed by atoms with van der Waals surface area (Å²) in [5, 5.41) is 6.81. The van der Waals surface area contributed by atoms with Crippen molar-refractivity contribution in [1.82, 2.24) is 19.6 Å². The van der Waals surface area contributed by atoms with E-state index in [1.807, 2.05) is 32.7 Å². The molecule has 0 unspecified atom stereocenters. The molecule has 1 aromatic carbocycles. The van der Waals surface area contributed by atoms with Crippen LogP contribution in [0, 0.1) is 0 Å². The second-order valence-corrected chi connectivity index (χ2v) is 10.2. The molecule has 1 saturated heterocycles. The number of rotatable bonds is 7. The molecule has 1 fully saturated rings. The summed E-state index contributed by atoms with van der Waals surface area (Å²) in [6.07, 6.45) is 3.09. The highest BCUT2D eigenvalue weighted by molar-refractivity contribution is 7.09. The Labute approximate surface area is 210 Å². The molecule has 184 valence electrons. The second-order valence-electron chi connectivity index (χ2n) is 9.20. The number of piperazine rings is 1. The minimum Gasteiger partial charge on any atom is -0.368 e. The molecule has 3 aromatic rings. The summed E-state index contributed by atoms with van der Waals surface area (Å²) in [4.78, 5) is 34.0. The van der Waals surface area contributed by atoms with Gasteiger partial charge in [-0.25, -0.2) is 0 Å². The number of thiophene rings is 1. The van der Waals surface area contributed by atoms with Crippen LogP contribution in [0.25, 0.3) is 0 Å². The molecule has 35 heavy (non-hydrogen) atoms. The molecule has 2 amide bonds. The summed E-state index contributed by atoms with van der Waals surface area (Å²) in [7, 11) is 0. The van der Waals surface area contributed by atoms with Crippen molar-refractivity contribution < 1.29 is 9.59 Å². The van der Waals surface area contributed by atoms with Gasteiger partial charge in [0.1, 0.15) is 0 Å². The van der Waals surface area contributed by atoms with E-state index in [1.165, 1.54) is 10.6 Å². The zero-order chi connectivity index (χ0) is 24.2. The molecule has 7 nitrogen and oxygen atoms in total. The van der Waals surface area contributed by atoms with Crippen LogP contribution in [0.2, 0.25) is 0 Å². The van der Waals surface area contributed by atoms with Crippen molar-refractivity contribution in [2.45, 2.75) is 45.7 Å². The van der Waals surface area contributed by atoms with Crippen molar-refractivity contribution in [2.75, 3.05) is 37.6 Å². The number of nitrogens with zero attached hydrogens (tertiary/aromatic N) is 5. The first-order chi connectivity index (χ1) is 17.1. The summed E-state index contributed by atoms with van der Waals surface area (Å²) in [6, 6.07) is 14.5. The Morgan fingerprint density at radius 2 is 1.77 bits per heavy atom. The van der Waals surface area contributed by atoms with E-state index in [-0.39, 0.29) is 11.8 Å². The average Bonchev–Trinajstić information content (AvgIpc) is 3.56. The molecule has 2 aromatic heterocycles. The van der Waals surface area contributed by atoms with E-state index < -0.39 is 0 Å². The summed E-state index contributed by atoms with van der Waals surface area (Å²) in [6.45, 7) is 6.93. The van der Waals surface area contributed by atoms with Crippen LogP contribution in [0.4, 0.5) is 5.69 Å². The number of amides is 2. The van der Waals surface area contributed by atoms with Gasteiger partial charge in [-0.3, -0.25) is 14.3 Å². The van der Waals surface area contributed by atoms with Crippen molar-refractivity contribution in [3.8, 4) is 0 Å². The smallest absolute Gasteiger partial charge is 0.274 e. The molecule has 0 N–H and O–H groups in total. The number of para-hydroxylation sites is 1. The summed E-state index contributed by atoms with van der Waals surface area (Å²) in [5.41, 5.74) is 3.79. The third-order valence-electron chi connectivity index (χ3n) is 7.07. The largest absolute Gasteiger partial charge is 0.368 e. The van der Waals surface area contributed by atoms with Crippen molar-refractivity contribution >= 4 is 28.8 Å². The van der Waals surface area contributed by atoms with Gasteiger partial charge in [0.2, 0.25) is 5.91 Å². The normalized spacial score (nSPS) is 15.9. The Morgan fingerprint density at radius 3 is 2.49 bits per heavy atom. The zero-order valence-corrected chi connectivity index (χ0v) is 21.2. The van der Waals surface area contributed by atoms with Crippen LogP contribution in [0.1, 0.15) is 46.4 Å². The topological polar surface area (TPSA) is 61.7 Å². The maximum atomic E-state index is 13.6. The fourth-order valence-electron chi connectivity index (χ4n) is 5.12. The molecule has 0 spiro atoms. The van der Waals surface area contributed by atoms with Gasteiger partial charge in [0, 0.05) is 80.5 Å². The first-order valence-electron chi connectivity index (χ1n) is 12.6. The number of aryl methyl sites for hydroxylation is 2. The van der Waals surface area contributed by atoms with E-state index in [2.05, 4.69) is 41.5 Å². The molecule has 4 heterocycles. The Morgan fingerprint density at radius 1 is 0.971 bits per heavy atom. The van der Waals surface area contributed by atoms with Gasteiger partial charge in [-0.1, -0.05) is 24.3 Å². The lowest BCUT2D eigenvalue weighted by atomic mass is 10.0. The molecule has 2 aliphatic heterocycles. The zero-order valence-electron chi connectivity index (χ0n) is 20.4. The maximum Gasteiger partial charge on any atom is 0.274 e. The number of anilines is 1. The fraction of sp³-hybridized carbons (Fsp3) is 0.444. The number of aromatic nitrogens is 2. The van der Waals surface area contributed by atoms with Crippen LogP contribution in [-0.2, 0) is 30.7 Å². The van der Waals surface area contributed by atoms with Gasteiger partial charge in [-0.2, -0.15) is 5.10 Å². The predicted molar refractivity (Wildman–Crippen MR) is 139 cm³/mol. The lowest BCUT2D eigenvalue weighted by Crippen LogP contribution is -2.49. The number of carbonyl (C=O) groups excluding carboxylic acids is 2. The van der Waals surface area contributed by atoms with E-state index in [1.54, 1.807) is 11.3 Å². The Bertz CT molecular complexity index is 1150. The predicted octanol–water partition coefficient (Wildman–Crippen LogP) is 3.83. The van der Waals surface area contributed by atoms with Crippen LogP contribution < -0.4 is 4.90 Å². The molecular weight excluding hydrogens is 458 g/mol. The number of fused-ring (bicyclic) bond motifs is 1. The average molecular weight is 492 g/mol. The number of hydrogen-bond acceptors (Lipinski definition) is 5. The highest BCUT2D eigenvalue weighted by atomic mass is 32.1. The number of carbonyl (C=O) groups is 2. The highest BCUT2D eigenvalue weighted by Crippen LogP contribution is 2.26. The fourth-order valence-corrected chi connectivity index (χ4v) is 5.87. The molecule has 5 rings (SSSR count). The SMILES string of the molecule is CCn1nc(C(=O)N2CCN(c3ccccc3)CC2)c2c1CCN(C(=O)CCCc1cccs1)C2. The Balaban J connectivity index is 1.24. The monoisotopic (exact) mass is 491 g/mol. The summed E-state index contributed by atoms with van der Waals surface area (Å²) < 4.78 is 1.96. The summed E-state index contributed by atoms with van der Waals surface area (Å²) >= 11 is 1.74. The Hall–Kier alpha value is -3.13. The van der Waals surface area contributed by atoms with Gasteiger partial charge in [-0.15, -0.1) is 11.3 Å². The minimum absolute atomic E-state index is 0.00634. The van der Waals surface area contributed by atoms with E-state index in [0.717, 1.165) is 50.2 Å². The Kier molecular flexibility index (Phi) is 7.18. The van der Waals surface area contributed by atoms with E-state index >= 15 is 0 Å². The molecule has 0 atom stereocenters. The third kappa shape index (κ3) is 5.12. The van der Waals surface area contributed by atoms with E-state index in [4.69, 9.17) is 5.10 Å². The van der Waals surface area contributed by atoms with Crippen molar-refractivity contribution in [3.05, 3.63) is 69.7 Å². The molecule has 0 radical (unpaired) electrons. The third-order valence-corrected chi connectivity index (χ3v) is 8.01. The van der Waals surface area contributed by atoms with Crippen LogP contribution >= 0.6 is 11.3 Å². The van der Waals surface area contributed by atoms with Gasteiger partial charge >= 0.3 is 0 Å². The highest BCUT2D eigenvalue weighted by Gasteiger charge is 2.32. The van der Waals surface area contributed by atoms with Crippen molar-refractivity contribution in [3.63, 3.8) is 0 Å². The molecule has 0 bridgehead atoms. The second kappa shape index (κ2) is 10.6. The van der Waals surface area contributed by atoms with Crippen molar-refractivity contribution in [2.24, 2.45) is 0 Å². The van der Waals surface area contributed by atoms with Gasteiger partial charge < -0.3 is 14.7 Å². The van der Waals surface area contributed by atoms with E-state index in [0.29, 0.717) is 38.3 Å². The van der Waals surface area contributed by atoms with Gasteiger partial charge in [-0.05, 0) is 43.3 Å². The van der Waals surface area contributed by atoms with Crippen LogP contribution in [0.15, 0.2) is 47.8 Å². The molecular formula is C27H33N5O2S. The number of benzene rings is 1. The van der Waals surface area contributed by atoms with Crippen LogP contribution in [-0.4, -0.2) is 64.1 Å². The van der Waals surface area contributed by atoms with Gasteiger partial charge in [0.25, 0.3) is 5.91 Å². The quantitative estimate of drug-likeness (QED) is 0.504. The standard InChI is InChI=1S/C27H33N5O2S/c1-2-32-24-13-14-31(25(33)12-6-10-22-11-7-19-35-22)20-23(24)26(28-32)27(34)30-17-15-29(16-18-30)21-8-4-3-5-9-21/h3-5,7-9,11,19H,2,6,10,12-18,20H2,1H3. The van der Waals surface area contributed by atoms with Gasteiger partial charge in [0.05, 0.1) is 0 Å². The number of hydrogen-bond donors (Lipinski definition) is 0. The van der Waals surface area contributed by atoms with Crippen LogP contribution in [0.3, 0.4) is 0 Å². The summed E-state index contributed by atoms with van der Waals surface area (Å²) in [5.74, 6) is 0.166. The lowest BCUT2D eigenvalue weighted by Gasteiger charge is -2.36. The molecule has 2 aliphatic rings. The molecule has 0 aliphatic carbocycles. The minimum atomic E-state index is -0.00634. The molecule has 0 saturated carbocycles. The van der Waals surface area contributed by atoms with Crippen molar-refractivity contribution in [1.29, 1.82) is 0 Å². The first kappa shape index (κ1) is 23.6. The lowest BCUT2D eigenvalue weighted by molar-refractivity contribution is -0.132. The maximum absolute atomic E-state index is 13.6. The molecule has 8 heteroatoms.